The Kier molecular flexibility index (Phi) is 4.36. The molecule has 1 heterocycles. The van der Waals surface area contributed by atoms with Gasteiger partial charge in [0.25, 0.3) is 0 Å². The molecule has 1 aromatic carbocycles. The minimum Gasteiger partial charge on any atom is -0.493 e. The number of ether oxygens (including phenoxy) is 2. The van der Waals surface area contributed by atoms with Crippen LogP contribution in [0.3, 0.4) is 0 Å². The Morgan fingerprint density at radius 2 is 2.05 bits per heavy atom. The van der Waals surface area contributed by atoms with Crippen molar-refractivity contribution in [3.63, 3.8) is 0 Å². The van der Waals surface area contributed by atoms with Crippen LogP contribution >= 0.6 is 11.3 Å². The first-order valence-electron chi connectivity index (χ1n) is 5.72. The van der Waals surface area contributed by atoms with E-state index in [4.69, 9.17) is 15.2 Å². The molecular weight excluding hydrogens is 280 g/mol. The standard InChI is InChI=1S/C12H14N4O3S/c1-18-8-4-3-7(5-9(8)19-2)6-10(17)14-12-16-15-11(13)20-12/h3-5H,6H2,1-2H3,(H2,13,15)(H,14,16,17). The van der Waals surface area contributed by atoms with Crippen LogP contribution in [-0.2, 0) is 11.2 Å². The normalized spacial score (nSPS) is 10.1. The Labute approximate surface area is 119 Å². The maximum absolute atomic E-state index is 11.9. The van der Waals surface area contributed by atoms with Gasteiger partial charge in [-0.25, -0.2) is 0 Å². The molecule has 1 amide bonds. The van der Waals surface area contributed by atoms with E-state index < -0.39 is 0 Å². The van der Waals surface area contributed by atoms with E-state index in [1.54, 1.807) is 32.4 Å². The highest BCUT2D eigenvalue weighted by Gasteiger charge is 2.10. The number of nitrogens with one attached hydrogen (secondary N) is 1. The van der Waals surface area contributed by atoms with E-state index in [0.29, 0.717) is 21.8 Å². The van der Waals surface area contributed by atoms with Gasteiger partial charge in [0.2, 0.25) is 16.2 Å². The zero-order chi connectivity index (χ0) is 14.5. The van der Waals surface area contributed by atoms with Crippen LogP contribution in [0.4, 0.5) is 10.3 Å². The number of benzene rings is 1. The van der Waals surface area contributed by atoms with E-state index in [9.17, 15) is 4.79 Å². The zero-order valence-electron chi connectivity index (χ0n) is 11.0. The fourth-order valence-electron chi connectivity index (χ4n) is 1.62. The molecule has 7 nitrogen and oxygen atoms in total. The second kappa shape index (κ2) is 6.20. The number of hydrogen-bond donors (Lipinski definition) is 2. The quantitative estimate of drug-likeness (QED) is 0.862. The number of nitrogen functional groups attached to an aromatic ring is 1. The topological polar surface area (TPSA) is 99.4 Å². The van der Waals surface area contributed by atoms with Gasteiger partial charge in [0.05, 0.1) is 20.6 Å². The summed E-state index contributed by atoms with van der Waals surface area (Å²) < 4.78 is 10.3. The van der Waals surface area contributed by atoms with Gasteiger partial charge in [-0.05, 0) is 17.7 Å². The van der Waals surface area contributed by atoms with E-state index in [1.165, 1.54) is 0 Å². The fourth-order valence-corrected chi connectivity index (χ4v) is 2.15. The maximum Gasteiger partial charge on any atom is 0.230 e. The molecule has 3 N–H and O–H groups in total. The van der Waals surface area contributed by atoms with Gasteiger partial charge in [-0.2, -0.15) is 0 Å². The number of nitrogens with two attached hydrogens (primary N) is 1. The summed E-state index contributed by atoms with van der Waals surface area (Å²) in [6.07, 6.45) is 0.194. The molecule has 0 spiro atoms. The lowest BCUT2D eigenvalue weighted by Crippen LogP contribution is -2.14. The Morgan fingerprint density at radius 1 is 1.30 bits per heavy atom. The van der Waals surface area contributed by atoms with Crippen molar-refractivity contribution < 1.29 is 14.3 Å². The molecule has 0 bridgehead atoms. The summed E-state index contributed by atoms with van der Waals surface area (Å²) in [5.41, 5.74) is 6.24. The molecular formula is C12H14N4O3S. The summed E-state index contributed by atoms with van der Waals surface area (Å²) in [6, 6.07) is 5.31. The predicted molar refractivity (Wildman–Crippen MR) is 76.2 cm³/mol. The number of rotatable bonds is 5. The molecule has 2 aromatic rings. The maximum atomic E-state index is 11.9. The Morgan fingerprint density at radius 3 is 2.65 bits per heavy atom. The number of amides is 1. The molecule has 0 unspecified atom stereocenters. The molecule has 0 saturated carbocycles. The van der Waals surface area contributed by atoms with Gasteiger partial charge < -0.3 is 20.5 Å². The zero-order valence-corrected chi connectivity index (χ0v) is 11.9. The van der Waals surface area contributed by atoms with Crippen LogP contribution in [0, 0.1) is 0 Å². The second-order valence-electron chi connectivity index (χ2n) is 3.86. The fraction of sp³-hybridized carbons (Fsp3) is 0.250. The lowest BCUT2D eigenvalue weighted by Gasteiger charge is -2.09. The van der Waals surface area contributed by atoms with Crippen molar-refractivity contribution in [3.8, 4) is 11.5 Å². The van der Waals surface area contributed by atoms with Crippen molar-refractivity contribution >= 4 is 27.5 Å². The molecule has 8 heteroatoms. The van der Waals surface area contributed by atoms with Crippen LogP contribution in [-0.4, -0.2) is 30.3 Å². The van der Waals surface area contributed by atoms with Crippen molar-refractivity contribution in [2.75, 3.05) is 25.3 Å². The van der Waals surface area contributed by atoms with Gasteiger partial charge in [0.15, 0.2) is 11.5 Å². The van der Waals surface area contributed by atoms with E-state index in [1.807, 2.05) is 0 Å². The average molecular weight is 294 g/mol. The highest BCUT2D eigenvalue weighted by molar-refractivity contribution is 7.18. The first-order chi connectivity index (χ1) is 9.62. The van der Waals surface area contributed by atoms with Crippen LogP contribution in [0.25, 0.3) is 0 Å². The largest absolute Gasteiger partial charge is 0.493 e. The Hall–Kier alpha value is -2.35. The lowest BCUT2D eigenvalue weighted by molar-refractivity contribution is -0.115. The number of carbonyl (C=O) groups is 1. The van der Waals surface area contributed by atoms with Gasteiger partial charge in [-0.3, -0.25) is 4.79 Å². The monoisotopic (exact) mass is 294 g/mol. The van der Waals surface area contributed by atoms with Crippen molar-refractivity contribution in [2.24, 2.45) is 0 Å². The molecule has 0 saturated heterocycles. The highest BCUT2D eigenvalue weighted by atomic mass is 32.1. The molecule has 0 aliphatic rings. The molecule has 20 heavy (non-hydrogen) atoms. The van der Waals surface area contributed by atoms with Crippen LogP contribution in [0.1, 0.15) is 5.56 Å². The summed E-state index contributed by atoms with van der Waals surface area (Å²) in [5, 5.41) is 10.7. The van der Waals surface area contributed by atoms with Crippen LogP contribution in [0.5, 0.6) is 11.5 Å². The molecule has 1 aromatic heterocycles. The van der Waals surface area contributed by atoms with E-state index in [2.05, 4.69) is 15.5 Å². The molecule has 0 radical (unpaired) electrons. The first kappa shape index (κ1) is 14.1. The average Bonchev–Trinajstić information content (AvgIpc) is 2.83. The third kappa shape index (κ3) is 3.35. The number of aromatic nitrogens is 2. The van der Waals surface area contributed by atoms with Crippen molar-refractivity contribution in [1.29, 1.82) is 0 Å². The second-order valence-corrected chi connectivity index (χ2v) is 4.87. The molecule has 0 fully saturated rings. The summed E-state index contributed by atoms with van der Waals surface area (Å²) in [5.74, 6) is 1.000. The minimum absolute atomic E-state index is 0.194. The van der Waals surface area contributed by atoms with Gasteiger partial charge in [-0.15, -0.1) is 10.2 Å². The SMILES string of the molecule is COc1ccc(CC(=O)Nc2nnc(N)s2)cc1OC. The van der Waals surface area contributed by atoms with Crippen molar-refractivity contribution in [2.45, 2.75) is 6.42 Å². The molecule has 0 atom stereocenters. The van der Waals surface area contributed by atoms with Gasteiger partial charge >= 0.3 is 0 Å². The number of nitrogens with zero attached hydrogens (tertiary/aromatic N) is 2. The van der Waals surface area contributed by atoms with Gasteiger partial charge in [0, 0.05) is 0 Å². The van der Waals surface area contributed by atoms with Crippen LogP contribution in [0.15, 0.2) is 18.2 Å². The minimum atomic E-state index is -0.201. The molecule has 0 aliphatic carbocycles. The molecule has 2 rings (SSSR count). The molecule has 106 valence electrons. The van der Waals surface area contributed by atoms with Crippen molar-refractivity contribution in [3.05, 3.63) is 23.8 Å². The van der Waals surface area contributed by atoms with Crippen LogP contribution in [0.2, 0.25) is 0 Å². The van der Waals surface area contributed by atoms with E-state index in [0.717, 1.165) is 16.9 Å². The summed E-state index contributed by atoms with van der Waals surface area (Å²) in [7, 11) is 3.11. The van der Waals surface area contributed by atoms with E-state index in [-0.39, 0.29) is 12.3 Å². The lowest BCUT2D eigenvalue weighted by atomic mass is 10.1. The number of hydrogen-bond acceptors (Lipinski definition) is 7. The first-order valence-corrected chi connectivity index (χ1v) is 6.53. The number of methoxy groups -OCH3 is 2. The summed E-state index contributed by atoms with van der Waals surface area (Å²) >= 11 is 1.12. The predicted octanol–water partition coefficient (Wildman–Crippen LogP) is 1.32. The van der Waals surface area contributed by atoms with Gasteiger partial charge in [0.1, 0.15) is 0 Å². The Bertz CT molecular complexity index is 614. The van der Waals surface area contributed by atoms with Crippen LogP contribution < -0.4 is 20.5 Å². The third-order valence-corrected chi connectivity index (χ3v) is 3.17. The summed E-state index contributed by atoms with van der Waals surface area (Å²) in [6.45, 7) is 0. The molecule has 0 aliphatic heterocycles. The number of anilines is 2. The summed E-state index contributed by atoms with van der Waals surface area (Å²) in [4.78, 5) is 11.9. The van der Waals surface area contributed by atoms with Gasteiger partial charge in [-0.1, -0.05) is 17.4 Å². The van der Waals surface area contributed by atoms with Crippen molar-refractivity contribution in [1.82, 2.24) is 10.2 Å². The number of carbonyl (C=O) groups excluding carboxylic acids is 1. The third-order valence-electron chi connectivity index (χ3n) is 2.50. The van der Waals surface area contributed by atoms with E-state index >= 15 is 0 Å². The highest BCUT2D eigenvalue weighted by Crippen LogP contribution is 2.27. The Balaban J connectivity index is 2.04. The smallest absolute Gasteiger partial charge is 0.230 e.